The summed E-state index contributed by atoms with van der Waals surface area (Å²) in [5.74, 6) is 1.32. The molecule has 0 aliphatic heterocycles. The number of hydrogen-bond acceptors (Lipinski definition) is 7. The molecular weight excluding hydrogens is 284 g/mol. The summed E-state index contributed by atoms with van der Waals surface area (Å²) in [5.41, 5.74) is 4.75. The van der Waals surface area contributed by atoms with Gasteiger partial charge in [0.25, 0.3) is 11.8 Å². The Balaban J connectivity index is 2.25. The van der Waals surface area contributed by atoms with Crippen molar-refractivity contribution < 1.29 is 9.47 Å². The molecule has 0 aliphatic carbocycles. The van der Waals surface area contributed by atoms with Gasteiger partial charge in [0.05, 0.1) is 25.3 Å². The molecule has 0 fully saturated rings. The molecule has 0 amide bonds. The second-order valence-corrected chi connectivity index (χ2v) is 4.91. The maximum atomic E-state index is 5.26. The van der Waals surface area contributed by atoms with Crippen LogP contribution in [0.4, 0.5) is 0 Å². The second-order valence-electron chi connectivity index (χ2n) is 4.91. The molecule has 0 spiro atoms. The van der Waals surface area contributed by atoms with Gasteiger partial charge >= 0.3 is 0 Å². The van der Waals surface area contributed by atoms with Crippen LogP contribution in [0.25, 0.3) is 11.0 Å². The van der Waals surface area contributed by atoms with E-state index in [1.165, 1.54) is 7.11 Å². The van der Waals surface area contributed by atoms with Crippen molar-refractivity contribution in [3.8, 4) is 11.8 Å². The lowest BCUT2D eigenvalue weighted by Gasteiger charge is -2.13. The highest BCUT2D eigenvalue weighted by atomic mass is 16.5. The summed E-state index contributed by atoms with van der Waals surface area (Å²) < 4.78 is 10.5. The molecule has 114 valence electrons. The third-order valence-electron chi connectivity index (χ3n) is 3.65. The smallest absolute Gasteiger partial charge is 0.278 e. The summed E-state index contributed by atoms with van der Waals surface area (Å²) in [6, 6.07) is 1.99. The Bertz CT molecular complexity index is 816. The molecule has 0 bridgehead atoms. The first-order valence-corrected chi connectivity index (χ1v) is 6.75. The molecule has 3 rings (SSSR count). The Kier molecular flexibility index (Phi) is 3.58. The summed E-state index contributed by atoms with van der Waals surface area (Å²) in [6.07, 6.45) is 0.519. The molecule has 2 aromatic heterocycles. The van der Waals surface area contributed by atoms with Crippen LogP contribution in [-0.2, 0) is 6.42 Å². The Morgan fingerprint density at radius 2 is 1.82 bits per heavy atom. The Morgan fingerprint density at radius 3 is 2.45 bits per heavy atom. The first-order valence-electron chi connectivity index (χ1n) is 6.75. The van der Waals surface area contributed by atoms with Gasteiger partial charge in [-0.05, 0) is 36.6 Å². The van der Waals surface area contributed by atoms with Gasteiger partial charge in [-0.15, -0.1) is 10.2 Å². The highest BCUT2D eigenvalue weighted by Gasteiger charge is 2.17. The number of aromatic nitrogens is 6. The normalized spacial score (nSPS) is 10.9. The fourth-order valence-corrected chi connectivity index (χ4v) is 2.37. The monoisotopic (exact) mass is 300 g/mol. The van der Waals surface area contributed by atoms with Gasteiger partial charge in [-0.25, -0.2) is 9.97 Å². The van der Waals surface area contributed by atoms with Gasteiger partial charge in [0, 0.05) is 6.42 Å². The minimum Gasteiger partial charge on any atom is -0.477 e. The topological polar surface area (TPSA) is 98.7 Å². The fraction of sp³-hybridized carbons (Fsp3) is 0.357. The molecule has 0 aliphatic rings. The molecule has 22 heavy (non-hydrogen) atoms. The number of aryl methyl sites for hydroxylation is 1. The molecule has 8 heteroatoms. The molecule has 0 saturated carbocycles. The SMILES string of the molecule is COc1nc2cc(C)c(C)c(Cc3nn[nH]n3)c2nc1OC. The van der Waals surface area contributed by atoms with Gasteiger partial charge in [0.15, 0.2) is 5.82 Å². The lowest BCUT2D eigenvalue weighted by molar-refractivity contribution is 0.334. The zero-order valence-electron chi connectivity index (χ0n) is 12.8. The molecule has 0 saturated heterocycles. The molecule has 0 atom stereocenters. The third kappa shape index (κ3) is 2.32. The molecule has 2 heterocycles. The quantitative estimate of drug-likeness (QED) is 0.776. The lowest BCUT2D eigenvalue weighted by Crippen LogP contribution is -2.03. The predicted octanol–water partition coefficient (Wildman–Crippen LogP) is 1.37. The molecule has 1 N–H and O–H groups in total. The van der Waals surface area contributed by atoms with Gasteiger partial charge in [-0.3, -0.25) is 0 Å². The van der Waals surface area contributed by atoms with E-state index >= 15 is 0 Å². The zero-order valence-corrected chi connectivity index (χ0v) is 12.8. The summed E-state index contributed by atoms with van der Waals surface area (Å²) in [4.78, 5) is 9.03. The molecular formula is C14H16N6O2. The largest absolute Gasteiger partial charge is 0.477 e. The van der Waals surface area contributed by atoms with E-state index in [0.29, 0.717) is 24.0 Å². The highest BCUT2D eigenvalue weighted by molar-refractivity contribution is 5.82. The minimum atomic E-state index is 0.354. The number of nitrogens with one attached hydrogen (secondary N) is 1. The van der Waals surface area contributed by atoms with E-state index in [0.717, 1.165) is 27.7 Å². The van der Waals surface area contributed by atoms with E-state index < -0.39 is 0 Å². The number of rotatable bonds is 4. The van der Waals surface area contributed by atoms with Crippen LogP contribution in [0.15, 0.2) is 6.07 Å². The number of methoxy groups -OCH3 is 2. The Labute approximate surface area is 126 Å². The van der Waals surface area contributed by atoms with Crippen LogP contribution >= 0.6 is 0 Å². The van der Waals surface area contributed by atoms with Crippen molar-refractivity contribution >= 4 is 11.0 Å². The van der Waals surface area contributed by atoms with Crippen LogP contribution in [0.3, 0.4) is 0 Å². The van der Waals surface area contributed by atoms with Crippen LogP contribution in [0.5, 0.6) is 11.8 Å². The van der Waals surface area contributed by atoms with E-state index in [4.69, 9.17) is 9.47 Å². The lowest BCUT2D eigenvalue weighted by atomic mass is 9.98. The van der Waals surface area contributed by atoms with Crippen LogP contribution in [0.1, 0.15) is 22.5 Å². The number of tetrazole rings is 1. The van der Waals surface area contributed by atoms with E-state index in [2.05, 4.69) is 30.6 Å². The van der Waals surface area contributed by atoms with E-state index in [-0.39, 0.29) is 0 Å². The average Bonchev–Trinajstić information content (AvgIpc) is 3.03. The summed E-state index contributed by atoms with van der Waals surface area (Å²) in [5, 5.41) is 14.1. The number of hydrogen-bond donors (Lipinski definition) is 1. The van der Waals surface area contributed by atoms with Gasteiger partial charge in [0.1, 0.15) is 0 Å². The van der Waals surface area contributed by atoms with E-state index in [9.17, 15) is 0 Å². The number of nitrogens with zero attached hydrogens (tertiary/aromatic N) is 5. The Hall–Kier alpha value is -2.77. The van der Waals surface area contributed by atoms with Gasteiger partial charge in [0.2, 0.25) is 0 Å². The standard InChI is InChI=1S/C14H16N6O2/c1-7-5-10-12(16-14(22-4)13(15-10)21-3)9(8(7)2)6-11-17-19-20-18-11/h5H,6H2,1-4H3,(H,17,18,19,20). The van der Waals surface area contributed by atoms with Crippen LogP contribution in [0, 0.1) is 13.8 Å². The summed E-state index contributed by atoms with van der Waals surface area (Å²) in [7, 11) is 3.08. The van der Waals surface area contributed by atoms with Crippen molar-refractivity contribution in [2.24, 2.45) is 0 Å². The predicted molar refractivity (Wildman–Crippen MR) is 79.1 cm³/mol. The van der Waals surface area contributed by atoms with Crippen LogP contribution < -0.4 is 9.47 Å². The number of benzene rings is 1. The molecule has 0 unspecified atom stereocenters. The average molecular weight is 300 g/mol. The van der Waals surface area contributed by atoms with Crippen molar-refractivity contribution in [1.82, 2.24) is 30.6 Å². The molecule has 0 radical (unpaired) electrons. The maximum Gasteiger partial charge on any atom is 0.278 e. The number of aromatic amines is 1. The third-order valence-corrected chi connectivity index (χ3v) is 3.65. The van der Waals surface area contributed by atoms with Crippen LogP contribution in [-0.4, -0.2) is 44.8 Å². The van der Waals surface area contributed by atoms with Crippen molar-refractivity contribution in [1.29, 1.82) is 0 Å². The van der Waals surface area contributed by atoms with Crippen molar-refractivity contribution in [2.75, 3.05) is 14.2 Å². The number of ether oxygens (including phenoxy) is 2. The minimum absolute atomic E-state index is 0.354. The van der Waals surface area contributed by atoms with Crippen molar-refractivity contribution in [3.05, 3.63) is 28.6 Å². The highest BCUT2D eigenvalue weighted by Crippen LogP contribution is 2.30. The maximum absolute atomic E-state index is 5.26. The van der Waals surface area contributed by atoms with Crippen molar-refractivity contribution in [3.63, 3.8) is 0 Å². The number of fused-ring (bicyclic) bond motifs is 1. The fourth-order valence-electron chi connectivity index (χ4n) is 2.37. The zero-order chi connectivity index (χ0) is 15.7. The number of H-pyrrole nitrogens is 1. The Morgan fingerprint density at radius 1 is 1.09 bits per heavy atom. The summed E-state index contributed by atoms with van der Waals surface area (Å²) >= 11 is 0. The molecule has 1 aromatic carbocycles. The van der Waals surface area contributed by atoms with Gasteiger partial charge in [-0.1, -0.05) is 5.21 Å². The van der Waals surface area contributed by atoms with Gasteiger partial charge in [-0.2, -0.15) is 5.21 Å². The first kappa shape index (κ1) is 14.2. The van der Waals surface area contributed by atoms with Gasteiger partial charge < -0.3 is 9.47 Å². The van der Waals surface area contributed by atoms with Crippen LogP contribution in [0.2, 0.25) is 0 Å². The molecule has 8 nitrogen and oxygen atoms in total. The van der Waals surface area contributed by atoms with E-state index in [1.54, 1.807) is 7.11 Å². The van der Waals surface area contributed by atoms with E-state index in [1.807, 2.05) is 19.9 Å². The molecule has 3 aromatic rings. The van der Waals surface area contributed by atoms with Crippen molar-refractivity contribution in [2.45, 2.75) is 20.3 Å². The second kappa shape index (κ2) is 5.55. The first-order chi connectivity index (χ1) is 10.6. The summed E-state index contributed by atoms with van der Waals surface area (Å²) in [6.45, 7) is 4.08.